The van der Waals surface area contributed by atoms with Crippen LogP contribution in [0, 0.1) is 0 Å². The van der Waals surface area contributed by atoms with Crippen molar-refractivity contribution in [1.82, 2.24) is 4.98 Å². The molecule has 0 atom stereocenters. The highest BCUT2D eigenvalue weighted by atomic mass is 31.2. The van der Waals surface area contributed by atoms with Gasteiger partial charge in [0, 0.05) is 11.6 Å². The molecule has 2 aromatic rings. The summed E-state index contributed by atoms with van der Waals surface area (Å²) >= 11 is 0. The zero-order chi connectivity index (χ0) is 11.8. The molecule has 0 radical (unpaired) electrons. The Morgan fingerprint density at radius 2 is 2.00 bits per heavy atom. The smallest absolute Gasteiger partial charge is 0.329 e. The van der Waals surface area contributed by atoms with E-state index in [1.54, 1.807) is 12.1 Å². The van der Waals surface area contributed by atoms with Crippen LogP contribution < -0.4 is 0 Å². The zero-order valence-electron chi connectivity index (χ0n) is 8.24. The van der Waals surface area contributed by atoms with Crippen molar-refractivity contribution in [1.29, 1.82) is 0 Å². The minimum atomic E-state index is -4.12. The molecule has 0 aliphatic rings. The minimum absolute atomic E-state index is 0.00469. The van der Waals surface area contributed by atoms with Gasteiger partial charge in [-0.1, -0.05) is 12.1 Å². The summed E-state index contributed by atoms with van der Waals surface area (Å²) in [5, 5.41) is 10.1. The summed E-state index contributed by atoms with van der Waals surface area (Å²) in [4.78, 5) is 21.8. The molecule has 0 fully saturated rings. The molecule has 2 rings (SSSR count). The van der Waals surface area contributed by atoms with Gasteiger partial charge in [0.05, 0.1) is 6.16 Å². The Hall–Kier alpha value is -1.42. The molecule has 3 N–H and O–H groups in total. The van der Waals surface area contributed by atoms with Crippen molar-refractivity contribution < 1.29 is 19.5 Å². The first kappa shape index (κ1) is 11.1. The van der Waals surface area contributed by atoms with Crippen LogP contribution >= 0.6 is 7.60 Å². The third-order valence-electron chi connectivity index (χ3n) is 2.21. The van der Waals surface area contributed by atoms with Gasteiger partial charge in [-0.25, -0.2) is 0 Å². The van der Waals surface area contributed by atoms with Gasteiger partial charge in [0.2, 0.25) is 0 Å². The fraction of sp³-hybridized carbons (Fsp3) is 0.100. The highest BCUT2D eigenvalue weighted by molar-refractivity contribution is 7.50. The molecule has 5 nitrogen and oxygen atoms in total. The summed E-state index contributed by atoms with van der Waals surface area (Å²) in [5.41, 5.74) is 0.836. The summed E-state index contributed by atoms with van der Waals surface area (Å²) in [7, 11) is -4.12. The Morgan fingerprint density at radius 1 is 1.25 bits per heavy atom. The second kappa shape index (κ2) is 3.87. The van der Waals surface area contributed by atoms with Crippen molar-refractivity contribution in [3.05, 3.63) is 36.0 Å². The molecule has 0 spiro atoms. The largest absolute Gasteiger partial charge is 0.506 e. The van der Waals surface area contributed by atoms with E-state index in [1.807, 2.05) is 0 Å². The van der Waals surface area contributed by atoms with Gasteiger partial charge in [-0.2, -0.15) is 0 Å². The Labute approximate surface area is 91.5 Å². The van der Waals surface area contributed by atoms with Crippen molar-refractivity contribution in [2.24, 2.45) is 0 Å². The molecular weight excluding hydrogens is 229 g/mol. The summed E-state index contributed by atoms with van der Waals surface area (Å²) < 4.78 is 10.9. The molecule has 1 aromatic carbocycles. The van der Waals surface area contributed by atoms with Gasteiger partial charge in [-0.05, 0) is 17.7 Å². The number of hydrogen-bond donors (Lipinski definition) is 3. The maximum atomic E-state index is 10.9. The number of hydrogen-bond acceptors (Lipinski definition) is 3. The predicted octanol–water partition coefficient (Wildman–Crippen LogP) is 1.62. The van der Waals surface area contributed by atoms with E-state index in [2.05, 4.69) is 4.98 Å². The van der Waals surface area contributed by atoms with E-state index in [9.17, 15) is 9.67 Å². The first-order valence-electron chi connectivity index (χ1n) is 4.57. The summed E-state index contributed by atoms with van der Waals surface area (Å²) in [6.45, 7) is 0. The van der Waals surface area contributed by atoms with Crippen LogP contribution in [0.2, 0.25) is 0 Å². The van der Waals surface area contributed by atoms with Gasteiger partial charge in [0.1, 0.15) is 11.3 Å². The number of aromatic nitrogens is 1. The standard InChI is InChI=1S/C10H10NO4P/c12-9-4-3-7(6-16(13,14)15)8-2-1-5-11-10(8)9/h1-5,12H,6H2,(H2,13,14,15). The van der Waals surface area contributed by atoms with Gasteiger partial charge >= 0.3 is 7.60 Å². The highest BCUT2D eigenvalue weighted by Gasteiger charge is 2.16. The van der Waals surface area contributed by atoms with E-state index >= 15 is 0 Å². The Morgan fingerprint density at radius 3 is 2.69 bits per heavy atom. The lowest BCUT2D eigenvalue weighted by Crippen LogP contribution is -1.90. The lowest BCUT2D eigenvalue weighted by atomic mass is 10.1. The normalized spacial score (nSPS) is 11.9. The van der Waals surface area contributed by atoms with Crippen molar-refractivity contribution in [3.8, 4) is 5.75 Å². The molecule has 0 aliphatic heterocycles. The van der Waals surface area contributed by atoms with Crippen LogP contribution in [0.3, 0.4) is 0 Å². The lowest BCUT2D eigenvalue weighted by Gasteiger charge is -2.08. The Bertz CT molecular complexity index is 578. The Balaban J connectivity index is 2.63. The number of pyridine rings is 1. The quantitative estimate of drug-likeness (QED) is 0.692. The lowest BCUT2D eigenvalue weighted by molar-refractivity contribution is 0.372. The van der Waals surface area contributed by atoms with E-state index in [0.29, 0.717) is 16.5 Å². The third-order valence-corrected chi connectivity index (χ3v) is 2.97. The SMILES string of the molecule is O=P(O)(O)Cc1ccc(O)c2ncccc12. The fourth-order valence-electron chi connectivity index (χ4n) is 1.58. The van der Waals surface area contributed by atoms with Gasteiger partial charge < -0.3 is 14.9 Å². The molecule has 0 amide bonds. The molecule has 0 aliphatic carbocycles. The van der Waals surface area contributed by atoms with E-state index in [0.717, 1.165) is 0 Å². The van der Waals surface area contributed by atoms with Crippen LogP contribution in [-0.2, 0) is 10.7 Å². The second-order valence-corrected chi connectivity index (χ2v) is 5.11. The molecular formula is C10H10NO4P. The van der Waals surface area contributed by atoms with Crippen LogP contribution in [0.15, 0.2) is 30.5 Å². The van der Waals surface area contributed by atoms with Gasteiger partial charge in [-0.3, -0.25) is 9.55 Å². The zero-order valence-corrected chi connectivity index (χ0v) is 9.13. The first-order chi connectivity index (χ1) is 7.47. The van der Waals surface area contributed by atoms with E-state index in [1.165, 1.54) is 18.3 Å². The molecule has 1 aromatic heterocycles. The van der Waals surface area contributed by atoms with Crippen molar-refractivity contribution in [3.63, 3.8) is 0 Å². The van der Waals surface area contributed by atoms with E-state index in [4.69, 9.17) is 9.79 Å². The van der Waals surface area contributed by atoms with Crippen molar-refractivity contribution >= 4 is 18.5 Å². The second-order valence-electron chi connectivity index (χ2n) is 3.47. The molecule has 0 unspecified atom stereocenters. The number of nitrogens with zero attached hydrogens (tertiary/aromatic N) is 1. The van der Waals surface area contributed by atoms with Crippen molar-refractivity contribution in [2.45, 2.75) is 6.16 Å². The van der Waals surface area contributed by atoms with Gasteiger partial charge in [0.15, 0.2) is 0 Å². The molecule has 6 heteroatoms. The van der Waals surface area contributed by atoms with E-state index < -0.39 is 7.60 Å². The molecule has 84 valence electrons. The summed E-state index contributed by atoms with van der Waals surface area (Å²) in [5.74, 6) is 0.00469. The maximum absolute atomic E-state index is 10.9. The van der Waals surface area contributed by atoms with Gasteiger partial charge in [0.25, 0.3) is 0 Å². The summed E-state index contributed by atoms with van der Waals surface area (Å²) in [6.07, 6.45) is 1.17. The number of aromatic hydroxyl groups is 1. The Kier molecular flexibility index (Phi) is 2.68. The van der Waals surface area contributed by atoms with Gasteiger partial charge in [-0.15, -0.1) is 0 Å². The maximum Gasteiger partial charge on any atom is 0.329 e. The summed E-state index contributed by atoms with van der Waals surface area (Å²) in [6, 6.07) is 6.22. The number of phenolic OH excluding ortho intramolecular Hbond substituents is 1. The number of phenols is 1. The molecule has 0 saturated heterocycles. The number of benzene rings is 1. The third kappa shape index (κ3) is 2.22. The average molecular weight is 239 g/mol. The molecule has 1 heterocycles. The average Bonchev–Trinajstić information content (AvgIpc) is 2.21. The van der Waals surface area contributed by atoms with Crippen LogP contribution in [0.5, 0.6) is 5.75 Å². The topological polar surface area (TPSA) is 90.7 Å². The predicted molar refractivity (Wildman–Crippen MR) is 59.2 cm³/mol. The van der Waals surface area contributed by atoms with Crippen LogP contribution in [0.1, 0.15) is 5.56 Å². The fourth-order valence-corrected chi connectivity index (χ4v) is 2.30. The highest BCUT2D eigenvalue weighted by Crippen LogP contribution is 2.41. The minimum Gasteiger partial charge on any atom is -0.506 e. The monoisotopic (exact) mass is 239 g/mol. The van der Waals surface area contributed by atoms with Crippen LogP contribution in [0.4, 0.5) is 0 Å². The number of rotatable bonds is 2. The molecule has 0 saturated carbocycles. The first-order valence-corrected chi connectivity index (χ1v) is 6.37. The number of fused-ring (bicyclic) bond motifs is 1. The molecule has 0 bridgehead atoms. The van der Waals surface area contributed by atoms with Crippen LogP contribution in [0.25, 0.3) is 10.9 Å². The van der Waals surface area contributed by atoms with E-state index in [-0.39, 0.29) is 11.9 Å². The van der Waals surface area contributed by atoms with Crippen LogP contribution in [-0.4, -0.2) is 19.9 Å². The van der Waals surface area contributed by atoms with Crippen molar-refractivity contribution in [2.75, 3.05) is 0 Å². The molecule has 16 heavy (non-hydrogen) atoms.